The fraction of sp³-hybridized carbons (Fsp3) is 0.308. The molecule has 6 rings (SSSR count). The summed E-state index contributed by atoms with van der Waals surface area (Å²) in [6.45, 7) is 2.36. The number of nitrogens with one attached hydrogen (secondary N) is 1. The van der Waals surface area contributed by atoms with Crippen LogP contribution in [0.5, 0.6) is 0 Å². The van der Waals surface area contributed by atoms with Crippen molar-refractivity contribution in [2.45, 2.75) is 45.2 Å². The van der Waals surface area contributed by atoms with E-state index in [1.165, 1.54) is 33.2 Å². The number of hydrogen-bond donors (Lipinski definition) is 1. The van der Waals surface area contributed by atoms with Crippen molar-refractivity contribution in [1.29, 1.82) is 0 Å². The smallest absolute Gasteiger partial charge is 0.310 e. The Morgan fingerprint density at radius 2 is 2.08 bits per heavy atom. The van der Waals surface area contributed by atoms with Crippen LogP contribution in [0.4, 0.5) is 4.39 Å². The third-order valence-corrected chi connectivity index (χ3v) is 6.86. The molecule has 13 heteroatoms. The Morgan fingerprint density at radius 1 is 1.23 bits per heavy atom. The third-order valence-electron chi connectivity index (χ3n) is 6.57. The molecule has 1 aliphatic carbocycles. The second-order valence-corrected chi connectivity index (χ2v) is 9.83. The Balaban J connectivity index is 1.17. The highest BCUT2D eigenvalue weighted by atomic mass is 35.5. The number of aromatic nitrogens is 7. The summed E-state index contributed by atoms with van der Waals surface area (Å²) in [6, 6.07) is 3.48. The number of esters is 1. The van der Waals surface area contributed by atoms with E-state index in [0.29, 0.717) is 29.6 Å². The highest BCUT2D eigenvalue weighted by Crippen LogP contribution is 2.40. The summed E-state index contributed by atoms with van der Waals surface area (Å²) in [4.78, 5) is 33.8. The maximum atomic E-state index is 14.5. The number of rotatable bonds is 9. The van der Waals surface area contributed by atoms with Gasteiger partial charge in [-0.2, -0.15) is 0 Å². The van der Waals surface area contributed by atoms with E-state index in [0.717, 1.165) is 18.4 Å². The predicted molar refractivity (Wildman–Crippen MR) is 138 cm³/mol. The van der Waals surface area contributed by atoms with Gasteiger partial charge in [-0.1, -0.05) is 16.8 Å². The number of nitrogens with zero attached hydrogens (tertiary/aromatic N) is 7. The molecule has 5 heterocycles. The molecule has 1 aliphatic rings. The van der Waals surface area contributed by atoms with E-state index in [2.05, 4.69) is 20.6 Å². The van der Waals surface area contributed by atoms with Crippen LogP contribution >= 0.6 is 11.6 Å². The molecular weight excluding hydrogens is 527 g/mol. The van der Waals surface area contributed by atoms with Crippen molar-refractivity contribution in [3.63, 3.8) is 0 Å². The van der Waals surface area contributed by atoms with E-state index in [1.807, 2.05) is 22.9 Å². The van der Waals surface area contributed by atoms with Crippen molar-refractivity contribution >= 4 is 34.6 Å². The zero-order chi connectivity index (χ0) is 27.1. The van der Waals surface area contributed by atoms with Crippen LogP contribution in [0, 0.1) is 5.82 Å². The summed E-state index contributed by atoms with van der Waals surface area (Å²) in [7, 11) is 0. The van der Waals surface area contributed by atoms with E-state index < -0.39 is 11.7 Å². The predicted octanol–water partition coefficient (Wildman–Crippen LogP) is 3.33. The molecule has 0 bridgehead atoms. The summed E-state index contributed by atoms with van der Waals surface area (Å²) >= 11 is 5.89. The van der Waals surface area contributed by atoms with E-state index in [-0.39, 0.29) is 41.7 Å². The average Bonchev–Trinajstić information content (AvgIpc) is 3.31. The van der Waals surface area contributed by atoms with Crippen LogP contribution in [0.15, 0.2) is 43.2 Å². The lowest BCUT2D eigenvalue weighted by Gasteiger charge is -2.07. The fourth-order valence-corrected chi connectivity index (χ4v) is 4.72. The maximum Gasteiger partial charge on any atom is 0.310 e. The van der Waals surface area contributed by atoms with Crippen LogP contribution in [-0.2, 0) is 29.0 Å². The molecule has 0 aromatic carbocycles. The van der Waals surface area contributed by atoms with Gasteiger partial charge in [0.25, 0.3) is 5.91 Å². The third kappa shape index (κ3) is 5.07. The highest BCUT2D eigenvalue weighted by Gasteiger charge is 2.26. The number of fused-ring (bicyclic) bond motifs is 2. The molecule has 0 atom stereocenters. The lowest BCUT2D eigenvalue weighted by atomic mass is 10.1. The maximum absolute atomic E-state index is 14.5. The molecule has 0 radical (unpaired) electrons. The highest BCUT2D eigenvalue weighted by molar-refractivity contribution is 6.31. The lowest BCUT2D eigenvalue weighted by molar-refractivity contribution is -0.142. The van der Waals surface area contributed by atoms with Crippen LogP contribution in [0.2, 0.25) is 5.02 Å². The summed E-state index contributed by atoms with van der Waals surface area (Å²) < 4.78 is 24.5. The molecule has 0 spiro atoms. The number of carbonyl (C=O) groups is 2. The van der Waals surface area contributed by atoms with Crippen LogP contribution in [-0.4, -0.2) is 52.2 Å². The van der Waals surface area contributed by atoms with Crippen molar-refractivity contribution < 1.29 is 18.7 Å². The summed E-state index contributed by atoms with van der Waals surface area (Å²) in [5.41, 5.74) is 4.00. The Kier molecular flexibility index (Phi) is 6.47. The molecule has 39 heavy (non-hydrogen) atoms. The standard InChI is InChI=1S/C26H24ClFN8O3/c1-2-39-22(37)8-16-7-17(15-3-4-15)10-35-11-18(31-25(16)35)12-36-13-21(32-33-36)26(38)29-9-20-24-23(28)19(27)5-6-34(24)14-30-20/h5-7,10-11,13-15H,2-4,8-9,12H2,1H3,(H,29,38). The molecule has 5 aromatic rings. The molecular formula is C26H24ClFN8O3. The van der Waals surface area contributed by atoms with Gasteiger partial charge in [0.05, 0.1) is 55.1 Å². The van der Waals surface area contributed by atoms with Gasteiger partial charge < -0.3 is 18.9 Å². The molecule has 1 amide bonds. The Bertz CT molecular complexity index is 1720. The van der Waals surface area contributed by atoms with Crippen molar-refractivity contribution in [1.82, 2.24) is 39.1 Å². The molecule has 200 valence electrons. The fourth-order valence-electron chi connectivity index (χ4n) is 4.57. The molecule has 1 saturated carbocycles. The molecule has 0 saturated heterocycles. The largest absolute Gasteiger partial charge is 0.466 e. The molecule has 0 unspecified atom stereocenters. The summed E-state index contributed by atoms with van der Waals surface area (Å²) in [6.07, 6.45) is 10.9. The van der Waals surface area contributed by atoms with Crippen molar-refractivity contribution in [2.75, 3.05) is 6.61 Å². The number of amides is 1. The SMILES string of the molecule is CCOC(=O)Cc1cc(C2CC2)cn2cc(Cn3cc(C(=O)NCc4ncn5ccc(Cl)c(F)c45)nn3)nc12. The summed E-state index contributed by atoms with van der Waals surface area (Å²) in [5, 5.41) is 10.7. The van der Waals surface area contributed by atoms with Crippen LogP contribution in [0.25, 0.3) is 11.2 Å². The van der Waals surface area contributed by atoms with Gasteiger partial charge in [-0.25, -0.2) is 19.0 Å². The minimum atomic E-state index is -0.603. The first-order valence-electron chi connectivity index (χ1n) is 12.5. The monoisotopic (exact) mass is 550 g/mol. The number of ether oxygens (including phenoxy) is 1. The first-order valence-corrected chi connectivity index (χ1v) is 12.9. The van der Waals surface area contributed by atoms with E-state index >= 15 is 0 Å². The van der Waals surface area contributed by atoms with Gasteiger partial charge >= 0.3 is 5.97 Å². The minimum Gasteiger partial charge on any atom is -0.466 e. The van der Waals surface area contributed by atoms with Crippen molar-refractivity contribution in [3.05, 3.63) is 82.3 Å². The van der Waals surface area contributed by atoms with Gasteiger partial charge in [0.1, 0.15) is 11.2 Å². The Hall–Kier alpha value is -4.32. The number of halogens is 2. The van der Waals surface area contributed by atoms with Gasteiger partial charge in [0, 0.05) is 24.2 Å². The molecule has 0 aliphatic heterocycles. The molecule has 1 N–H and O–H groups in total. The lowest BCUT2D eigenvalue weighted by Crippen LogP contribution is -2.23. The number of pyridine rings is 2. The van der Waals surface area contributed by atoms with Crippen LogP contribution in [0.3, 0.4) is 0 Å². The van der Waals surface area contributed by atoms with Gasteiger partial charge in [-0.3, -0.25) is 9.59 Å². The topological polar surface area (TPSA) is 121 Å². The van der Waals surface area contributed by atoms with Gasteiger partial charge in [-0.05, 0) is 43.4 Å². The first kappa shape index (κ1) is 25.0. The minimum absolute atomic E-state index is 0.0154. The normalized spacial score (nSPS) is 13.3. The number of carbonyl (C=O) groups excluding carboxylic acids is 2. The number of hydrogen-bond acceptors (Lipinski definition) is 7. The zero-order valence-electron chi connectivity index (χ0n) is 21.0. The van der Waals surface area contributed by atoms with Crippen LogP contribution in [0.1, 0.15) is 58.7 Å². The van der Waals surface area contributed by atoms with E-state index in [9.17, 15) is 14.0 Å². The Labute approximate surface area is 226 Å². The average molecular weight is 551 g/mol. The first-order chi connectivity index (χ1) is 18.9. The summed E-state index contributed by atoms with van der Waals surface area (Å²) in [5.74, 6) is -0.871. The second-order valence-electron chi connectivity index (χ2n) is 9.43. The van der Waals surface area contributed by atoms with Gasteiger partial charge in [0.15, 0.2) is 11.5 Å². The quantitative estimate of drug-likeness (QED) is 0.279. The number of imidazole rings is 2. The Morgan fingerprint density at radius 3 is 2.87 bits per heavy atom. The van der Waals surface area contributed by atoms with Crippen molar-refractivity contribution in [3.8, 4) is 0 Å². The van der Waals surface area contributed by atoms with E-state index in [4.69, 9.17) is 21.3 Å². The second kappa shape index (κ2) is 10.1. The molecule has 11 nitrogen and oxygen atoms in total. The molecule has 5 aromatic heterocycles. The van der Waals surface area contributed by atoms with E-state index in [1.54, 1.807) is 13.1 Å². The molecule has 1 fully saturated rings. The van der Waals surface area contributed by atoms with Crippen LogP contribution < -0.4 is 5.32 Å². The van der Waals surface area contributed by atoms with Crippen molar-refractivity contribution in [2.24, 2.45) is 0 Å². The van der Waals surface area contributed by atoms with Gasteiger partial charge in [-0.15, -0.1) is 5.10 Å². The zero-order valence-corrected chi connectivity index (χ0v) is 21.7. The van der Waals surface area contributed by atoms with Gasteiger partial charge in [0.2, 0.25) is 0 Å².